The molecule has 4 nitrogen and oxygen atoms in total. The molecule has 0 aliphatic rings. The summed E-state index contributed by atoms with van der Waals surface area (Å²) < 4.78 is 0. The SMILES string of the molecule is CSC(C)CNC(=O)N(Cc1ccccc1)CC(C)(C)O. The van der Waals surface area contributed by atoms with Crippen LogP contribution in [0.25, 0.3) is 0 Å². The minimum Gasteiger partial charge on any atom is -0.389 e. The molecule has 0 aromatic heterocycles. The lowest BCUT2D eigenvalue weighted by atomic mass is 10.1. The van der Waals surface area contributed by atoms with E-state index < -0.39 is 5.60 Å². The highest BCUT2D eigenvalue weighted by Gasteiger charge is 2.22. The first-order valence-electron chi connectivity index (χ1n) is 7.13. The number of nitrogens with zero attached hydrogens (tertiary/aromatic N) is 1. The summed E-state index contributed by atoms with van der Waals surface area (Å²) in [4.78, 5) is 14.0. The van der Waals surface area contributed by atoms with Crippen molar-refractivity contribution in [2.24, 2.45) is 0 Å². The molecular formula is C16H26N2O2S. The van der Waals surface area contributed by atoms with E-state index in [4.69, 9.17) is 0 Å². The molecule has 2 N–H and O–H groups in total. The Kier molecular flexibility index (Phi) is 7.05. The van der Waals surface area contributed by atoms with Crippen molar-refractivity contribution in [3.63, 3.8) is 0 Å². The van der Waals surface area contributed by atoms with Crippen LogP contribution in [0.4, 0.5) is 4.79 Å². The second kappa shape index (κ2) is 8.29. The third-order valence-corrected chi connectivity index (χ3v) is 4.00. The zero-order valence-corrected chi connectivity index (χ0v) is 14.1. The van der Waals surface area contributed by atoms with E-state index in [0.29, 0.717) is 24.9 Å². The van der Waals surface area contributed by atoms with Crippen LogP contribution in [-0.4, -0.2) is 46.2 Å². The summed E-state index contributed by atoms with van der Waals surface area (Å²) in [6, 6.07) is 9.67. The maximum absolute atomic E-state index is 12.3. The lowest BCUT2D eigenvalue weighted by Crippen LogP contribution is -2.47. The van der Waals surface area contributed by atoms with Crippen molar-refractivity contribution in [1.29, 1.82) is 0 Å². The third kappa shape index (κ3) is 7.39. The highest BCUT2D eigenvalue weighted by atomic mass is 32.2. The highest BCUT2D eigenvalue weighted by Crippen LogP contribution is 2.11. The second-order valence-corrected chi connectivity index (χ2v) is 7.16. The van der Waals surface area contributed by atoms with Gasteiger partial charge in [0.1, 0.15) is 0 Å². The average molecular weight is 310 g/mol. The fourth-order valence-electron chi connectivity index (χ4n) is 1.90. The molecule has 0 radical (unpaired) electrons. The van der Waals surface area contributed by atoms with E-state index in [0.717, 1.165) is 5.56 Å². The molecular weight excluding hydrogens is 284 g/mol. The van der Waals surface area contributed by atoms with Crippen molar-refractivity contribution in [1.82, 2.24) is 10.2 Å². The summed E-state index contributed by atoms with van der Waals surface area (Å²) in [5.74, 6) is 0. The zero-order valence-electron chi connectivity index (χ0n) is 13.3. The maximum Gasteiger partial charge on any atom is 0.317 e. The van der Waals surface area contributed by atoms with E-state index in [1.165, 1.54) is 0 Å². The number of aliphatic hydroxyl groups is 1. The van der Waals surface area contributed by atoms with Crippen LogP contribution < -0.4 is 5.32 Å². The van der Waals surface area contributed by atoms with Crippen molar-refractivity contribution < 1.29 is 9.90 Å². The van der Waals surface area contributed by atoms with Gasteiger partial charge >= 0.3 is 6.03 Å². The highest BCUT2D eigenvalue weighted by molar-refractivity contribution is 7.99. The summed E-state index contributed by atoms with van der Waals surface area (Å²) in [6.45, 7) is 6.90. The van der Waals surface area contributed by atoms with E-state index >= 15 is 0 Å². The Morgan fingerprint density at radius 3 is 2.52 bits per heavy atom. The standard InChI is InChI=1S/C16H26N2O2S/c1-13(21-4)10-17-15(19)18(12-16(2,3)20)11-14-8-6-5-7-9-14/h5-9,13,20H,10-12H2,1-4H3,(H,17,19). The van der Waals surface area contributed by atoms with Gasteiger partial charge in [-0.3, -0.25) is 0 Å². The van der Waals surface area contributed by atoms with Gasteiger partial charge in [-0.2, -0.15) is 11.8 Å². The zero-order chi connectivity index (χ0) is 15.9. The monoisotopic (exact) mass is 310 g/mol. The molecule has 5 heteroatoms. The van der Waals surface area contributed by atoms with Gasteiger partial charge in [0.05, 0.1) is 12.1 Å². The van der Waals surface area contributed by atoms with E-state index in [9.17, 15) is 9.90 Å². The summed E-state index contributed by atoms with van der Waals surface area (Å²) in [7, 11) is 0. The largest absolute Gasteiger partial charge is 0.389 e. The van der Waals surface area contributed by atoms with Gasteiger partial charge < -0.3 is 15.3 Å². The Balaban J connectivity index is 2.70. The fourth-order valence-corrected chi connectivity index (χ4v) is 2.15. The minimum absolute atomic E-state index is 0.137. The van der Waals surface area contributed by atoms with Crippen LogP contribution in [-0.2, 0) is 6.54 Å². The molecule has 0 aliphatic heterocycles. The maximum atomic E-state index is 12.3. The number of urea groups is 1. The molecule has 1 unspecified atom stereocenters. The lowest BCUT2D eigenvalue weighted by molar-refractivity contribution is 0.0447. The number of hydrogen-bond acceptors (Lipinski definition) is 3. The topological polar surface area (TPSA) is 52.6 Å². The predicted octanol–water partition coefficient (Wildman–Crippen LogP) is 2.72. The molecule has 0 aliphatic carbocycles. The lowest BCUT2D eigenvalue weighted by Gasteiger charge is -2.29. The molecule has 1 aromatic rings. The van der Waals surface area contributed by atoms with E-state index in [1.54, 1.807) is 30.5 Å². The summed E-state index contributed by atoms with van der Waals surface area (Å²) >= 11 is 1.71. The molecule has 0 saturated carbocycles. The molecule has 1 aromatic carbocycles. The molecule has 2 amide bonds. The van der Waals surface area contributed by atoms with Crippen LogP contribution in [0.1, 0.15) is 26.3 Å². The molecule has 0 fully saturated rings. The number of hydrogen-bond donors (Lipinski definition) is 2. The van der Waals surface area contributed by atoms with Crippen LogP contribution >= 0.6 is 11.8 Å². The van der Waals surface area contributed by atoms with Crippen molar-refractivity contribution in [2.75, 3.05) is 19.3 Å². The number of benzene rings is 1. The number of rotatable bonds is 7. The summed E-state index contributed by atoms with van der Waals surface area (Å²) in [6.07, 6.45) is 2.02. The minimum atomic E-state index is -0.919. The molecule has 21 heavy (non-hydrogen) atoms. The first-order valence-corrected chi connectivity index (χ1v) is 8.42. The van der Waals surface area contributed by atoms with Gasteiger partial charge in [0, 0.05) is 18.3 Å². The van der Waals surface area contributed by atoms with Crippen molar-refractivity contribution in [2.45, 2.75) is 38.2 Å². The Morgan fingerprint density at radius 2 is 2.00 bits per heavy atom. The third-order valence-electron chi connectivity index (χ3n) is 3.02. The Morgan fingerprint density at radius 1 is 1.38 bits per heavy atom. The van der Waals surface area contributed by atoms with Gasteiger partial charge in [-0.25, -0.2) is 4.79 Å². The molecule has 1 rings (SSSR count). The molecule has 0 saturated heterocycles. The van der Waals surface area contributed by atoms with Crippen LogP contribution in [0, 0.1) is 0 Å². The van der Waals surface area contributed by atoms with Gasteiger partial charge in [-0.05, 0) is 25.7 Å². The Hall–Kier alpha value is -1.20. The van der Waals surface area contributed by atoms with Crippen LogP contribution in [0.5, 0.6) is 0 Å². The quantitative estimate of drug-likeness (QED) is 0.814. The van der Waals surface area contributed by atoms with E-state index in [2.05, 4.69) is 12.2 Å². The van der Waals surface area contributed by atoms with Gasteiger partial charge in [0.15, 0.2) is 0 Å². The van der Waals surface area contributed by atoms with Gasteiger partial charge in [0.2, 0.25) is 0 Å². The van der Waals surface area contributed by atoms with E-state index in [-0.39, 0.29) is 6.03 Å². The number of amides is 2. The average Bonchev–Trinajstić information content (AvgIpc) is 2.43. The molecule has 0 spiro atoms. The van der Waals surface area contributed by atoms with Crippen molar-refractivity contribution in [3.8, 4) is 0 Å². The molecule has 0 heterocycles. The van der Waals surface area contributed by atoms with Crippen molar-refractivity contribution in [3.05, 3.63) is 35.9 Å². The summed E-state index contributed by atoms with van der Waals surface area (Å²) in [5, 5.41) is 13.3. The fraction of sp³-hybridized carbons (Fsp3) is 0.562. The molecule has 118 valence electrons. The number of carbonyl (C=O) groups is 1. The van der Waals surface area contributed by atoms with Gasteiger partial charge in [-0.1, -0.05) is 37.3 Å². The Bertz CT molecular complexity index is 432. The summed E-state index contributed by atoms with van der Waals surface area (Å²) in [5.41, 5.74) is 0.131. The smallest absolute Gasteiger partial charge is 0.317 e. The molecule has 0 bridgehead atoms. The normalized spacial score (nSPS) is 12.8. The molecule has 1 atom stereocenters. The van der Waals surface area contributed by atoms with Gasteiger partial charge in [-0.15, -0.1) is 0 Å². The van der Waals surface area contributed by atoms with Crippen LogP contribution in [0.3, 0.4) is 0 Å². The van der Waals surface area contributed by atoms with Crippen LogP contribution in [0.2, 0.25) is 0 Å². The van der Waals surface area contributed by atoms with Crippen molar-refractivity contribution >= 4 is 17.8 Å². The Labute approximate surface area is 131 Å². The number of carbonyl (C=O) groups excluding carboxylic acids is 1. The van der Waals surface area contributed by atoms with Crippen LogP contribution in [0.15, 0.2) is 30.3 Å². The second-order valence-electron chi connectivity index (χ2n) is 5.89. The van der Waals surface area contributed by atoms with Gasteiger partial charge in [0.25, 0.3) is 0 Å². The first-order chi connectivity index (χ1) is 9.81. The predicted molar refractivity (Wildman–Crippen MR) is 89.5 cm³/mol. The number of thioether (sulfide) groups is 1. The van der Waals surface area contributed by atoms with E-state index in [1.807, 2.05) is 36.6 Å². The number of nitrogens with one attached hydrogen (secondary N) is 1. The first kappa shape index (κ1) is 17.9.